The third-order valence-electron chi connectivity index (χ3n) is 4.29. The van der Waals surface area contributed by atoms with E-state index in [1.165, 1.54) is 12.1 Å². The topological polar surface area (TPSA) is 59.8 Å². The molecule has 0 saturated carbocycles. The van der Waals surface area contributed by atoms with Crippen LogP contribution < -0.4 is 5.32 Å². The van der Waals surface area contributed by atoms with Crippen LogP contribution in [0.2, 0.25) is 0 Å². The molecular formula is C22H16BrFN4O. The van der Waals surface area contributed by atoms with Crippen molar-refractivity contribution in [1.82, 2.24) is 14.8 Å². The monoisotopic (exact) mass is 450 g/mol. The molecule has 1 N–H and O–H groups in total. The molecule has 3 aromatic carbocycles. The first kappa shape index (κ1) is 19.0. The quantitative estimate of drug-likeness (QED) is 0.452. The van der Waals surface area contributed by atoms with E-state index in [0.29, 0.717) is 17.1 Å². The molecule has 0 spiro atoms. The lowest BCUT2D eigenvalue weighted by Gasteiger charge is -2.06. The van der Waals surface area contributed by atoms with E-state index in [1.54, 1.807) is 16.8 Å². The van der Waals surface area contributed by atoms with Crippen LogP contribution in [0, 0.1) is 12.7 Å². The number of rotatable bonds is 4. The average Bonchev–Trinajstić information content (AvgIpc) is 3.16. The Morgan fingerprint density at radius 2 is 1.62 bits per heavy atom. The second kappa shape index (κ2) is 7.97. The Morgan fingerprint density at radius 1 is 0.966 bits per heavy atom. The predicted octanol–water partition coefficient (Wildman–Crippen LogP) is 5.40. The third kappa shape index (κ3) is 4.25. The van der Waals surface area contributed by atoms with Crippen LogP contribution in [-0.2, 0) is 0 Å². The lowest BCUT2D eigenvalue weighted by atomic mass is 10.2. The number of aryl methyl sites for hydroxylation is 1. The SMILES string of the molecule is Cc1ccc(NC(=O)c2nc(-c3ccc(F)cc3)n(-c3ccc(Br)cc3)n2)cc1. The van der Waals surface area contributed by atoms with Gasteiger partial charge in [0.1, 0.15) is 5.82 Å². The summed E-state index contributed by atoms with van der Waals surface area (Å²) in [5.74, 6) is -0.303. The van der Waals surface area contributed by atoms with Crippen LogP contribution in [0.25, 0.3) is 17.1 Å². The molecule has 0 saturated heterocycles. The summed E-state index contributed by atoms with van der Waals surface area (Å²) in [6, 6.07) is 20.8. The first-order valence-corrected chi connectivity index (χ1v) is 9.66. The van der Waals surface area contributed by atoms with Crippen molar-refractivity contribution in [3.8, 4) is 17.1 Å². The number of hydrogen-bond donors (Lipinski definition) is 1. The maximum Gasteiger partial charge on any atom is 0.295 e. The van der Waals surface area contributed by atoms with Crippen LogP contribution in [0.4, 0.5) is 10.1 Å². The van der Waals surface area contributed by atoms with E-state index in [2.05, 4.69) is 31.3 Å². The smallest absolute Gasteiger partial charge is 0.295 e. The van der Waals surface area contributed by atoms with Crippen LogP contribution in [0.15, 0.2) is 77.3 Å². The van der Waals surface area contributed by atoms with E-state index >= 15 is 0 Å². The molecule has 0 unspecified atom stereocenters. The van der Waals surface area contributed by atoms with E-state index in [9.17, 15) is 9.18 Å². The van der Waals surface area contributed by atoms with Gasteiger partial charge in [0, 0.05) is 15.7 Å². The van der Waals surface area contributed by atoms with Crippen molar-refractivity contribution < 1.29 is 9.18 Å². The molecule has 7 heteroatoms. The normalized spacial score (nSPS) is 10.7. The van der Waals surface area contributed by atoms with E-state index in [4.69, 9.17) is 0 Å². The molecule has 5 nitrogen and oxygen atoms in total. The highest BCUT2D eigenvalue weighted by Gasteiger charge is 2.19. The summed E-state index contributed by atoms with van der Waals surface area (Å²) >= 11 is 3.41. The summed E-state index contributed by atoms with van der Waals surface area (Å²) < 4.78 is 15.9. The van der Waals surface area contributed by atoms with E-state index in [1.807, 2.05) is 55.5 Å². The van der Waals surface area contributed by atoms with Gasteiger partial charge in [0.2, 0.25) is 5.82 Å². The number of halogens is 2. The molecule has 0 bridgehead atoms. The van der Waals surface area contributed by atoms with Crippen molar-refractivity contribution in [2.45, 2.75) is 6.92 Å². The summed E-state index contributed by atoms with van der Waals surface area (Å²) in [4.78, 5) is 17.1. The number of nitrogens with one attached hydrogen (secondary N) is 1. The number of carbonyl (C=O) groups excluding carboxylic acids is 1. The number of nitrogens with zero attached hydrogens (tertiary/aromatic N) is 3. The summed E-state index contributed by atoms with van der Waals surface area (Å²) in [5, 5.41) is 7.21. The van der Waals surface area contributed by atoms with Gasteiger partial charge in [-0.25, -0.2) is 14.1 Å². The second-order valence-electron chi connectivity index (χ2n) is 6.47. The largest absolute Gasteiger partial charge is 0.319 e. The van der Waals surface area contributed by atoms with Gasteiger partial charge < -0.3 is 5.32 Å². The Hall–Kier alpha value is -3.32. The maximum atomic E-state index is 13.4. The highest BCUT2D eigenvalue weighted by molar-refractivity contribution is 9.10. The number of anilines is 1. The summed E-state index contributed by atoms with van der Waals surface area (Å²) in [6.45, 7) is 1.97. The van der Waals surface area contributed by atoms with Crippen molar-refractivity contribution in [3.63, 3.8) is 0 Å². The summed E-state index contributed by atoms with van der Waals surface area (Å²) in [6.07, 6.45) is 0. The van der Waals surface area contributed by atoms with Gasteiger partial charge in [-0.05, 0) is 67.6 Å². The molecule has 0 radical (unpaired) electrons. The fraction of sp³-hybridized carbons (Fsp3) is 0.0455. The molecule has 1 aromatic heterocycles. The van der Waals surface area contributed by atoms with Gasteiger partial charge in [0.05, 0.1) is 5.69 Å². The van der Waals surface area contributed by atoms with Crippen molar-refractivity contribution >= 4 is 27.5 Å². The Bertz CT molecular complexity index is 1090. The number of hydrogen-bond acceptors (Lipinski definition) is 3. The summed E-state index contributed by atoms with van der Waals surface area (Å²) in [7, 11) is 0. The molecule has 1 amide bonds. The van der Waals surface area contributed by atoms with Crippen molar-refractivity contribution in [2.75, 3.05) is 5.32 Å². The Labute approximate surface area is 175 Å². The van der Waals surface area contributed by atoms with Crippen molar-refractivity contribution in [3.05, 3.63) is 94.5 Å². The van der Waals surface area contributed by atoms with E-state index in [0.717, 1.165) is 15.7 Å². The molecule has 1 heterocycles. The van der Waals surface area contributed by atoms with Crippen LogP contribution >= 0.6 is 15.9 Å². The van der Waals surface area contributed by atoms with Crippen molar-refractivity contribution in [2.24, 2.45) is 0 Å². The van der Waals surface area contributed by atoms with Crippen LogP contribution in [-0.4, -0.2) is 20.7 Å². The number of aromatic nitrogens is 3. The van der Waals surface area contributed by atoms with Gasteiger partial charge in [-0.3, -0.25) is 4.79 Å². The van der Waals surface area contributed by atoms with E-state index in [-0.39, 0.29) is 11.6 Å². The molecular weight excluding hydrogens is 435 g/mol. The molecule has 0 atom stereocenters. The minimum absolute atomic E-state index is 0.0211. The van der Waals surface area contributed by atoms with Gasteiger partial charge in [0.15, 0.2) is 5.82 Å². The molecule has 144 valence electrons. The Kier molecular flexibility index (Phi) is 5.22. The van der Waals surface area contributed by atoms with Crippen molar-refractivity contribution in [1.29, 1.82) is 0 Å². The molecule has 0 aliphatic carbocycles. The Balaban J connectivity index is 1.74. The van der Waals surface area contributed by atoms with Crippen LogP contribution in [0.3, 0.4) is 0 Å². The van der Waals surface area contributed by atoms with E-state index < -0.39 is 5.91 Å². The molecule has 0 aliphatic heterocycles. The van der Waals surface area contributed by atoms with Gasteiger partial charge in [-0.15, -0.1) is 5.10 Å². The highest BCUT2D eigenvalue weighted by atomic mass is 79.9. The summed E-state index contributed by atoms with van der Waals surface area (Å²) in [5.41, 5.74) is 3.13. The number of benzene rings is 3. The van der Waals surface area contributed by atoms with Gasteiger partial charge >= 0.3 is 0 Å². The number of carbonyl (C=O) groups is 1. The fourth-order valence-electron chi connectivity index (χ4n) is 2.78. The fourth-order valence-corrected chi connectivity index (χ4v) is 3.04. The predicted molar refractivity (Wildman–Crippen MR) is 114 cm³/mol. The zero-order valence-electron chi connectivity index (χ0n) is 15.4. The zero-order valence-corrected chi connectivity index (χ0v) is 17.0. The standard InChI is InChI=1S/C22H16BrFN4O/c1-14-2-10-18(11-3-14)25-22(29)20-26-21(15-4-8-17(24)9-5-15)28(27-20)19-12-6-16(23)7-13-19/h2-13H,1H3,(H,25,29). The Morgan fingerprint density at radius 3 is 2.28 bits per heavy atom. The molecule has 29 heavy (non-hydrogen) atoms. The minimum atomic E-state index is -0.423. The second-order valence-corrected chi connectivity index (χ2v) is 7.39. The molecule has 4 rings (SSSR count). The number of amides is 1. The minimum Gasteiger partial charge on any atom is -0.319 e. The van der Waals surface area contributed by atoms with Crippen LogP contribution in [0.5, 0.6) is 0 Å². The first-order valence-electron chi connectivity index (χ1n) is 8.86. The third-order valence-corrected chi connectivity index (χ3v) is 4.82. The first-order chi connectivity index (χ1) is 14.0. The molecule has 4 aromatic rings. The zero-order chi connectivity index (χ0) is 20.4. The molecule has 0 aliphatic rings. The lowest BCUT2D eigenvalue weighted by Crippen LogP contribution is -2.14. The van der Waals surface area contributed by atoms with Gasteiger partial charge in [0.25, 0.3) is 5.91 Å². The van der Waals surface area contributed by atoms with Gasteiger partial charge in [-0.2, -0.15) is 0 Å². The highest BCUT2D eigenvalue weighted by Crippen LogP contribution is 2.23. The maximum absolute atomic E-state index is 13.4. The van der Waals surface area contributed by atoms with Gasteiger partial charge in [-0.1, -0.05) is 33.6 Å². The lowest BCUT2D eigenvalue weighted by molar-refractivity contribution is 0.101. The molecule has 0 fully saturated rings. The average molecular weight is 451 g/mol. The van der Waals surface area contributed by atoms with Crippen LogP contribution in [0.1, 0.15) is 16.2 Å².